The molecule has 2 heterocycles. The molecule has 0 aliphatic carbocycles. The number of anilines is 1. The first kappa shape index (κ1) is 13.9. The summed E-state index contributed by atoms with van der Waals surface area (Å²) in [6.45, 7) is 8.11. The monoisotopic (exact) mass is 267 g/mol. The maximum absolute atomic E-state index is 11.6. The second-order valence-corrected chi connectivity index (χ2v) is 5.00. The van der Waals surface area contributed by atoms with E-state index in [4.69, 9.17) is 9.15 Å². The van der Waals surface area contributed by atoms with Crippen molar-refractivity contribution in [3.8, 4) is 0 Å². The van der Waals surface area contributed by atoms with E-state index in [0.29, 0.717) is 24.7 Å². The van der Waals surface area contributed by atoms with E-state index < -0.39 is 5.97 Å². The summed E-state index contributed by atoms with van der Waals surface area (Å²) >= 11 is 0. The van der Waals surface area contributed by atoms with E-state index in [1.807, 2.05) is 0 Å². The predicted octanol–water partition coefficient (Wildman–Crippen LogP) is 1.38. The molecule has 2 unspecified atom stereocenters. The Morgan fingerprint density at radius 2 is 2.11 bits per heavy atom. The molecule has 2 atom stereocenters. The number of hydrogen-bond acceptors (Lipinski definition) is 6. The summed E-state index contributed by atoms with van der Waals surface area (Å²) in [7, 11) is 2.12. The lowest BCUT2D eigenvalue weighted by atomic mass is 10.1. The van der Waals surface area contributed by atoms with Crippen molar-refractivity contribution in [2.24, 2.45) is 0 Å². The summed E-state index contributed by atoms with van der Waals surface area (Å²) in [6.07, 6.45) is 1.36. The van der Waals surface area contributed by atoms with Crippen LogP contribution in [0.3, 0.4) is 0 Å². The van der Waals surface area contributed by atoms with Crippen molar-refractivity contribution in [3.05, 3.63) is 12.0 Å². The first-order valence-corrected chi connectivity index (χ1v) is 6.62. The molecule has 0 bridgehead atoms. The smallest absolute Gasteiger partial charge is 0.360 e. The van der Waals surface area contributed by atoms with E-state index in [-0.39, 0.29) is 5.69 Å². The van der Waals surface area contributed by atoms with Gasteiger partial charge in [0.25, 0.3) is 6.01 Å². The molecule has 0 aromatic carbocycles. The van der Waals surface area contributed by atoms with Crippen molar-refractivity contribution in [3.63, 3.8) is 0 Å². The largest absolute Gasteiger partial charge is 0.461 e. The van der Waals surface area contributed by atoms with Crippen LogP contribution in [0, 0.1) is 0 Å². The standard InChI is InChI=1S/C13H21N3O3/c1-5-18-12(17)11-8-19-13(14-11)16-6-9(2)15(4)10(3)7-16/h8-10H,5-7H2,1-4H3. The Kier molecular flexibility index (Phi) is 4.09. The van der Waals surface area contributed by atoms with Crippen molar-refractivity contribution < 1.29 is 13.9 Å². The lowest BCUT2D eigenvalue weighted by Crippen LogP contribution is -2.55. The van der Waals surface area contributed by atoms with Gasteiger partial charge in [0.1, 0.15) is 6.26 Å². The van der Waals surface area contributed by atoms with Gasteiger partial charge in [-0.25, -0.2) is 4.79 Å². The SMILES string of the molecule is CCOC(=O)c1coc(N2CC(C)N(C)C(C)C2)n1. The molecule has 0 radical (unpaired) electrons. The first-order valence-electron chi connectivity index (χ1n) is 6.62. The van der Waals surface area contributed by atoms with E-state index in [1.165, 1.54) is 6.26 Å². The highest BCUT2D eigenvalue weighted by Crippen LogP contribution is 2.21. The average molecular weight is 267 g/mol. The van der Waals surface area contributed by atoms with Crippen molar-refractivity contribution in [2.45, 2.75) is 32.9 Å². The number of hydrogen-bond donors (Lipinski definition) is 0. The number of carbonyl (C=O) groups is 1. The van der Waals surface area contributed by atoms with Crippen molar-refractivity contribution in [2.75, 3.05) is 31.6 Å². The third kappa shape index (κ3) is 2.89. The van der Waals surface area contributed by atoms with E-state index in [9.17, 15) is 4.79 Å². The molecule has 19 heavy (non-hydrogen) atoms. The second kappa shape index (κ2) is 5.61. The van der Waals surface area contributed by atoms with Gasteiger partial charge in [-0.05, 0) is 27.8 Å². The van der Waals surface area contributed by atoms with E-state index in [2.05, 4.69) is 35.7 Å². The Labute approximate surface area is 113 Å². The van der Waals surface area contributed by atoms with Crippen LogP contribution in [0.5, 0.6) is 0 Å². The molecule has 1 aromatic heterocycles. The zero-order valence-corrected chi connectivity index (χ0v) is 11.9. The summed E-state index contributed by atoms with van der Waals surface area (Å²) in [5.41, 5.74) is 0.232. The highest BCUT2D eigenvalue weighted by atomic mass is 16.5. The van der Waals surface area contributed by atoms with E-state index in [0.717, 1.165) is 13.1 Å². The van der Waals surface area contributed by atoms with E-state index >= 15 is 0 Å². The van der Waals surface area contributed by atoms with Gasteiger partial charge in [-0.1, -0.05) is 0 Å². The highest BCUT2D eigenvalue weighted by Gasteiger charge is 2.29. The van der Waals surface area contributed by atoms with Gasteiger partial charge >= 0.3 is 5.97 Å². The number of carbonyl (C=O) groups excluding carboxylic acids is 1. The van der Waals surface area contributed by atoms with Crippen LogP contribution in [0.15, 0.2) is 10.7 Å². The van der Waals surface area contributed by atoms with Crippen LogP contribution in [-0.4, -0.2) is 54.7 Å². The molecule has 1 saturated heterocycles. The number of oxazole rings is 1. The van der Waals surface area contributed by atoms with Gasteiger partial charge in [0.2, 0.25) is 0 Å². The summed E-state index contributed by atoms with van der Waals surface area (Å²) in [5, 5.41) is 0. The molecule has 6 heteroatoms. The fourth-order valence-corrected chi connectivity index (χ4v) is 2.27. The summed E-state index contributed by atoms with van der Waals surface area (Å²) in [6, 6.07) is 1.33. The predicted molar refractivity (Wildman–Crippen MR) is 71.4 cm³/mol. The Hall–Kier alpha value is -1.56. The maximum atomic E-state index is 11.6. The summed E-state index contributed by atoms with van der Waals surface area (Å²) in [4.78, 5) is 20.2. The van der Waals surface area contributed by atoms with Crippen LogP contribution in [-0.2, 0) is 4.74 Å². The Morgan fingerprint density at radius 1 is 1.47 bits per heavy atom. The van der Waals surface area contributed by atoms with Gasteiger partial charge in [0.15, 0.2) is 5.69 Å². The molecule has 1 aromatic rings. The fraction of sp³-hybridized carbons (Fsp3) is 0.692. The van der Waals surface area contributed by atoms with Gasteiger partial charge in [-0.2, -0.15) is 4.98 Å². The molecule has 1 aliphatic rings. The first-order chi connectivity index (χ1) is 9.02. The maximum Gasteiger partial charge on any atom is 0.360 e. The molecular formula is C13H21N3O3. The Bertz CT molecular complexity index is 434. The number of nitrogens with zero attached hydrogens (tertiary/aromatic N) is 3. The fourth-order valence-electron chi connectivity index (χ4n) is 2.27. The molecule has 0 N–H and O–H groups in total. The minimum Gasteiger partial charge on any atom is -0.461 e. The molecule has 106 valence electrons. The number of rotatable bonds is 3. The zero-order chi connectivity index (χ0) is 14.0. The summed E-state index contributed by atoms with van der Waals surface area (Å²) in [5.74, 6) is -0.437. The van der Waals surface area contributed by atoms with Crippen molar-refractivity contribution in [1.29, 1.82) is 0 Å². The van der Waals surface area contributed by atoms with Crippen LogP contribution in [0.25, 0.3) is 0 Å². The Morgan fingerprint density at radius 3 is 2.68 bits per heavy atom. The Balaban J connectivity index is 2.08. The van der Waals surface area contributed by atoms with Crippen LogP contribution in [0.2, 0.25) is 0 Å². The number of aromatic nitrogens is 1. The summed E-state index contributed by atoms with van der Waals surface area (Å²) < 4.78 is 10.3. The lowest BCUT2D eigenvalue weighted by Gasteiger charge is -2.41. The van der Waals surface area contributed by atoms with Gasteiger partial charge in [0.05, 0.1) is 6.61 Å². The molecule has 6 nitrogen and oxygen atoms in total. The van der Waals surface area contributed by atoms with Gasteiger partial charge in [-0.3, -0.25) is 4.90 Å². The van der Waals surface area contributed by atoms with Gasteiger partial charge in [0, 0.05) is 25.2 Å². The number of piperazine rings is 1. The quantitative estimate of drug-likeness (QED) is 0.771. The molecule has 2 rings (SSSR count). The molecule has 0 amide bonds. The van der Waals surface area contributed by atoms with Crippen molar-refractivity contribution in [1.82, 2.24) is 9.88 Å². The number of ether oxygens (including phenoxy) is 1. The normalized spacial score (nSPS) is 24.5. The van der Waals surface area contributed by atoms with Crippen LogP contribution in [0.4, 0.5) is 6.01 Å². The van der Waals surface area contributed by atoms with Crippen LogP contribution < -0.4 is 4.90 Å². The topological polar surface area (TPSA) is 58.8 Å². The van der Waals surface area contributed by atoms with Crippen LogP contribution in [0.1, 0.15) is 31.3 Å². The number of esters is 1. The third-order valence-corrected chi connectivity index (χ3v) is 3.61. The molecule has 1 fully saturated rings. The molecular weight excluding hydrogens is 246 g/mol. The third-order valence-electron chi connectivity index (χ3n) is 3.61. The minimum absolute atomic E-state index is 0.232. The molecule has 0 spiro atoms. The highest BCUT2D eigenvalue weighted by molar-refractivity contribution is 5.87. The molecule has 0 saturated carbocycles. The van der Waals surface area contributed by atoms with Gasteiger partial charge < -0.3 is 14.1 Å². The lowest BCUT2D eigenvalue weighted by molar-refractivity contribution is 0.0519. The molecule has 1 aliphatic heterocycles. The zero-order valence-electron chi connectivity index (χ0n) is 11.9. The minimum atomic E-state index is -0.437. The van der Waals surface area contributed by atoms with Gasteiger partial charge in [-0.15, -0.1) is 0 Å². The average Bonchev–Trinajstić information content (AvgIpc) is 2.85. The van der Waals surface area contributed by atoms with Crippen LogP contribution >= 0.6 is 0 Å². The number of likely N-dealkylation sites (N-methyl/N-ethyl adjacent to an activating group) is 1. The van der Waals surface area contributed by atoms with Crippen molar-refractivity contribution >= 4 is 12.0 Å². The van der Waals surface area contributed by atoms with E-state index in [1.54, 1.807) is 6.92 Å². The second-order valence-electron chi connectivity index (χ2n) is 5.00.